The van der Waals surface area contributed by atoms with Crippen molar-refractivity contribution >= 4 is 51.7 Å². The Hall–Kier alpha value is -1.10. The monoisotopic (exact) mass is 594 g/mol. The summed E-state index contributed by atoms with van der Waals surface area (Å²) in [5.74, 6) is -0.949. The smallest absolute Gasteiger partial charge is 0.466 e. The highest BCUT2D eigenvalue weighted by atomic mass is 28.5. The van der Waals surface area contributed by atoms with E-state index < -0.39 is 33.8 Å². The van der Waals surface area contributed by atoms with Crippen LogP contribution < -0.4 is 0 Å². The number of carbonyl (C=O) groups is 3. The van der Waals surface area contributed by atoms with Gasteiger partial charge in [-0.3, -0.25) is 9.59 Å². The van der Waals surface area contributed by atoms with E-state index in [9.17, 15) is 14.4 Å². The Kier molecular flexibility index (Phi) is 16.3. The molecule has 0 fully saturated rings. The van der Waals surface area contributed by atoms with Gasteiger partial charge in [0, 0.05) is 26.0 Å². The van der Waals surface area contributed by atoms with Crippen LogP contribution in [0.2, 0.25) is 64.0 Å². The van der Waals surface area contributed by atoms with Crippen molar-refractivity contribution in [2.24, 2.45) is 0 Å². The van der Waals surface area contributed by atoms with Crippen LogP contribution in [-0.4, -0.2) is 71.5 Å². The zero-order valence-electron chi connectivity index (χ0n) is 24.7. The third-order valence-corrected chi connectivity index (χ3v) is 19.6. The first-order valence-corrected chi connectivity index (χ1v) is 24.6. The summed E-state index contributed by atoms with van der Waals surface area (Å²) < 4.78 is 36.3. The molecule has 0 aromatic heterocycles. The van der Waals surface area contributed by atoms with Crippen LogP contribution in [0.4, 0.5) is 0 Å². The van der Waals surface area contributed by atoms with Gasteiger partial charge in [0.1, 0.15) is 0 Å². The van der Waals surface area contributed by atoms with Crippen molar-refractivity contribution < 1.29 is 40.9 Å². The van der Waals surface area contributed by atoms with E-state index in [-0.39, 0.29) is 24.5 Å². The molecule has 9 nitrogen and oxygen atoms in total. The van der Waals surface area contributed by atoms with E-state index in [0.29, 0.717) is 38.5 Å². The van der Waals surface area contributed by atoms with Crippen molar-refractivity contribution in [2.75, 3.05) is 19.8 Å². The van der Waals surface area contributed by atoms with Crippen molar-refractivity contribution in [3.05, 3.63) is 12.2 Å². The summed E-state index contributed by atoms with van der Waals surface area (Å²) in [4.78, 5) is 34.1. The van der Waals surface area contributed by atoms with E-state index in [1.807, 2.05) is 0 Å². The van der Waals surface area contributed by atoms with Crippen LogP contribution in [0.1, 0.15) is 40.0 Å². The lowest BCUT2D eigenvalue weighted by Crippen LogP contribution is -2.61. The molecule has 0 spiro atoms. The molecule has 0 saturated heterocycles. The quantitative estimate of drug-likeness (QED) is 0.0618. The highest BCUT2D eigenvalue weighted by Gasteiger charge is 2.51. The first-order chi connectivity index (χ1) is 16.9. The zero-order valence-corrected chi connectivity index (χ0v) is 28.7. The summed E-state index contributed by atoms with van der Waals surface area (Å²) >= 11 is 0. The molecule has 37 heavy (non-hydrogen) atoms. The molecule has 0 atom stereocenters. The summed E-state index contributed by atoms with van der Waals surface area (Å²) in [5.41, 5.74) is 0. The summed E-state index contributed by atoms with van der Waals surface area (Å²) in [6.07, 6.45) is 5.03. The van der Waals surface area contributed by atoms with E-state index in [0.717, 1.165) is 12.1 Å². The van der Waals surface area contributed by atoms with Gasteiger partial charge in [0.05, 0.1) is 19.8 Å². The molecular weight excluding hydrogens is 545 g/mol. The maximum atomic E-state index is 11.8. The highest BCUT2D eigenvalue weighted by Crippen LogP contribution is 2.33. The summed E-state index contributed by atoms with van der Waals surface area (Å²) in [7, 11) is -9.85. The summed E-state index contributed by atoms with van der Waals surface area (Å²) in [5, 5.41) is 0. The Labute approximate surface area is 228 Å². The second-order valence-electron chi connectivity index (χ2n) is 11.3. The topological polar surface area (TPSA) is 107 Å². The Balaban J connectivity index is 5.79. The molecule has 216 valence electrons. The third kappa shape index (κ3) is 19.6. The van der Waals surface area contributed by atoms with E-state index in [4.69, 9.17) is 26.6 Å². The average Bonchev–Trinajstić information content (AvgIpc) is 2.70. The molecule has 0 aliphatic rings. The van der Waals surface area contributed by atoms with Gasteiger partial charge < -0.3 is 26.6 Å². The van der Waals surface area contributed by atoms with Gasteiger partial charge in [-0.2, -0.15) is 0 Å². The standard InChI is InChI=1S/C24H50O9Si4/c1-11-15-24(27)30-18-14-21-37(31-34(4,5)6,32-35(7,8)19-12-16-28-22(2)25)33-36(9,10)20-13-17-29-23(3)26/h11,15H,12-14,16-21H2,1-10H3. The average molecular weight is 595 g/mol. The minimum absolute atomic E-state index is 0.253. The minimum atomic E-state index is -3.20. The second-order valence-corrected chi connectivity index (χ2v) is 27.9. The Bertz CT molecular complexity index is 713. The molecule has 0 aromatic carbocycles. The largest absolute Gasteiger partial charge is 0.469 e. The minimum Gasteiger partial charge on any atom is -0.466 e. The number of hydrogen-bond acceptors (Lipinski definition) is 9. The van der Waals surface area contributed by atoms with Gasteiger partial charge >= 0.3 is 26.7 Å². The Morgan fingerprint density at radius 3 is 1.41 bits per heavy atom. The van der Waals surface area contributed by atoms with E-state index in [2.05, 4.69) is 45.8 Å². The molecule has 0 amide bonds. The number of rotatable bonds is 19. The molecule has 0 aliphatic heterocycles. The van der Waals surface area contributed by atoms with Crippen LogP contribution >= 0.6 is 0 Å². The van der Waals surface area contributed by atoms with E-state index in [1.54, 1.807) is 13.0 Å². The molecule has 0 radical (unpaired) electrons. The van der Waals surface area contributed by atoms with Crippen molar-refractivity contribution in [2.45, 2.75) is 104 Å². The molecule has 0 rings (SSSR count). The fourth-order valence-electron chi connectivity index (χ4n) is 3.70. The van der Waals surface area contributed by atoms with Gasteiger partial charge in [-0.15, -0.1) is 0 Å². The van der Waals surface area contributed by atoms with Crippen LogP contribution in [0.5, 0.6) is 0 Å². The predicted octanol–water partition coefficient (Wildman–Crippen LogP) is 5.64. The second kappa shape index (κ2) is 16.8. The fourth-order valence-corrected chi connectivity index (χ4v) is 20.4. The lowest BCUT2D eigenvalue weighted by atomic mass is 10.5. The van der Waals surface area contributed by atoms with Gasteiger partial charge in [0.25, 0.3) is 0 Å². The normalized spacial score (nSPS) is 13.0. The van der Waals surface area contributed by atoms with Gasteiger partial charge in [-0.1, -0.05) is 6.08 Å². The molecule has 0 unspecified atom stereocenters. The summed E-state index contributed by atoms with van der Waals surface area (Å²) in [6.45, 7) is 20.5. The zero-order chi connectivity index (χ0) is 28.8. The van der Waals surface area contributed by atoms with Crippen LogP contribution in [0.3, 0.4) is 0 Å². The Morgan fingerprint density at radius 1 is 0.622 bits per heavy atom. The SMILES string of the molecule is CC=CC(=O)OCCC[Si](O[Si](C)(C)C)(O[Si](C)(C)CCCOC(C)=O)O[Si](C)(C)CCCOC(C)=O. The number of hydrogen-bond donors (Lipinski definition) is 0. The lowest BCUT2D eigenvalue weighted by molar-refractivity contribution is -0.141. The van der Waals surface area contributed by atoms with Crippen molar-refractivity contribution in [1.82, 2.24) is 0 Å². The van der Waals surface area contributed by atoms with Crippen LogP contribution in [-0.2, 0) is 40.9 Å². The number of ether oxygens (including phenoxy) is 3. The predicted molar refractivity (Wildman–Crippen MR) is 155 cm³/mol. The van der Waals surface area contributed by atoms with Gasteiger partial charge in [-0.25, -0.2) is 4.79 Å². The first kappa shape index (κ1) is 35.9. The van der Waals surface area contributed by atoms with Crippen molar-refractivity contribution in [1.29, 1.82) is 0 Å². The number of carbonyl (C=O) groups excluding carboxylic acids is 3. The van der Waals surface area contributed by atoms with Gasteiger partial charge in [-0.05, 0) is 84.1 Å². The molecule has 0 aliphatic carbocycles. The van der Waals surface area contributed by atoms with Crippen LogP contribution in [0, 0.1) is 0 Å². The van der Waals surface area contributed by atoms with Gasteiger partial charge in [0.2, 0.25) is 0 Å². The third-order valence-electron chi connectivity index (χ3n) is 4.96. The Morgan fingerprint density at radius 2 is 1.03 bits per heavy atom. The van der Waals surface area contributed by atoms with Crippen molar-refractivity contribution in [3.63, 3.8) is 0 Å². The van der Waals surface area contributed by atoms with Crippen molar-refractivity contribution in [3.8, 4) is 0 Å². The molecular formula is C24H50O9Si4. The fraction of sp³-hybridized carbons (Fsp3) is 0.792. The molecule has 0 heterocycles. The van der Waals surface area contributed by atoms with Gasteiger partial charge in [0.15, 0.2) is 25.0 Å². The van der Waals surface area contributed by atoms with Crippen LogP contribution in [0.15, 0.2) is 12.2 Å². The molecule has 0 aromatic rings. The highest BCUT2D eigenvalue weighted by molar-refractivity contribution is 6.90. The van der Waals surface area contributed by atoms with E-state index >= 15 is 0 Å². The number of esters is 3. The molecule has 0 bridgehead atoms. The van der Waals surface area contributed by atoms with E-state index in [1.165, 1.54) is 19.9 Å². The maximum Gasteiger partial charge on any atom is 0.469 e. The maximum absolute atomic E-state index is 11.8. The summed E-state index contributed by atoms with van der Waals surface area (Å²) in [6, 6.07) is 2.12. The number of allylic oxidation sites excluding steroid dienone is 1. The molecule has 0 saturated carbocycles. The first-order valence-electron chi connectivity index (χ1n) is 13.1. The molecule has 13 heteroatoms. The van der Waals surface area contributed by atoms with Crippen LogP contribution in [0.25, 0.3) is 0 Å². The lowest BCUT2D eigenvalue weighted by Gasteiger charge is -2.44. The molecule has 0 N–H and O–H groups in total.